The molecule has 1 aromatic carbocycles. The summed E-state index contributed by atoms with van der Waals surface area (Å²) < 4.78 is 27.7. The Hall–Kier alpha value is -1.42. The van der Waals surface area contributed by atoms with Crippen molar-refractivity contribution in [2.75, 3.05) is 6.54 Å². The van der Waals surface area contributed by atoms with Crippen LogP contribution in [0.25, 0.3) is 0 Å². The van der Waals surface area contributed by atoms with Crippen LogP contribution in [-0.4, -0.2) is 26.5 Å². The van der Waals surface area contributed by atoms with Gasteiger partial charge in [0.05, 0.1) is 16.5 Å². The number of rotatable bonds is 3. The highest BCUT2D eigenvalue weighted by Gasteiger charge is 2.41. The fourth-order valence-electron chi connectivity index (χ4n) is 3.26. The van der Waals surface area contributed by atoms with E-state index in [2.05, 4.69) is 10.0 Å². The maximum atomic E-state index is 12.4. The molecule has 0 aromatic heterocycles. The molecular formula is C15H19N3O2S. The fourth-order valence-corrected chi connectivity index (χ4v) is 4.58. The van der Waals surface area contributed by atoms with Crippen LogP contribution in [0.1, 0.15) is 37.7 Å². The molecule has 3 rings (SSSR count). The van der Waals surface area contributed by atoms with Gasteiger partial charge in [0, 0.05) is 11.6 Å². The molecule has 1 aromatic rings. The van der Waals surface area contributed by atoms with Gasteiger partial charge in [-0.25, -0.2) is 13.1 Å². The SMILES string of the molecule is N#Cc1cccc(S(=O)(=O)NC2CCNC3(CCC3)C2)c1. The van der Waals surface area contributed by atoms with Crippen LogP contribution in [-0.2, 0) is 10.0 Å². The highest BCUT2D eigenvalue weighted by molar-refractivity contribution is 7.89. The van der Waals surface area contributed by atoms with Crippen molar-refractivity contribution in [3.63, 3.8) is 0 Å². The van der Waals surface area contributed by atoms with Crippen molar-refractivity contribution in [2.24, 2.45) is 0 Å². The average molecular weight is 305 g/mol. The monoisotopic (exact) mass is 305 g/mol. The predicted octanol–water partition coefficient (Wildman–Crippen LogP) is 1.51. The third-order valence-corrected chi connectivity index (χ3v) is 6.05. The van der Waals surface area contributed by atoms with Crippen molar-refractivity contribution in [3.8, 4) is 6.07 Å². The van der Waals surface area contributed by atoms with Gasteiger partial charge in [-0.3, -0.25) is 0 Å². The molecule has 1 heterocycles. The summed E-state index contributed by atoms with van der Waals surface area (Å²) in [4.78, 5) is 0.169. The zero-order valence-electron chi connectivity index (χ0n) is 11.8. The maximum Gasteiger partial charge on any atom is 0.240 e. The Morgan fingerprint density at radius 3 is 2.86 bits per heavy atom. The summed E-state index contributed by atoms with van der Waals surface area (Å²) in [6, 6.07) is 8.10. The molecule has 0 radical (unpaired) electrons. The van der Waals surface area contributed by atoms with Crippen molar-refractivity contribution in [1.82, 2.24) is 10.0 Å². The molecule has 1 atom stereocenters. The van der Waals surface area contributed by atoms with E-state index in [-0.39, 0.29) is 16.5 Å². The highest BCUT2D eigenvalue weighted by Crippen LogP contribution is 2.38. The van der Waals surface area contributed by atoms with Gasteiger partial charge in [-0.05, 0) is 56.8 Å². The van der Waals surface area contributed by atoms with E-state index in [1.165, 1.54) is 18.6 Å². The summed E-state index contributed by atoms with van der Waals surface area (Å²) in [5, 5.41) is 12.4. The Kier molecular flexibility index (Phi) is 3.74. The summed E-state index contributed by atoms with van der Waals surface area (Å²) in [5.74, 6) is 0. The topological polar surface area (TPSA) is 82.0 Å². The molecule has 21 heavy (non-hydrogen) atoms. The molecule has 112 valence electrons. The molecule has 2 fully saturated rings. The molecule has 1 spiro atoms. The number of hydrogen-bond acceptors (Lipinski definition) is 4. The second kappa shape index (κ2) is 5.41. The Morgan fingerprint density at radius 1 is 1.38 bits per heavy atom. The summed E-state index contributed by atoms with van der Waals surface area (Å²) in [6.07, 6.45) is 5.14. The lowest BCUT2D eigenvalue weighted by atomic mass is 9.70. The predicted molar refractivity (Wildman–Crippen MR) is 79.1 cm³/mol. The van der Waals surface area contributed by atoms with Crippen molar-refractivity contribution in [2.45, 2.75) is 48.6 Å². The molecule has 0 amide bonds. The largest absolute Gasteiger partial charge is 0.311 e. The third kappa shape index (κ3) is 2.95. The van der Waals surface area contributed by atoms with Gasteiger partial charge in [0.1, 0.15) is 0 Å². The van der Waals surface area contributed by atoms with E-state index in [4.69, 9.17) is 5.26 Å². The van der Waals surface area contributed by atoms with Crippen LogP contribution in [0.15, 0.2) is 29.2 Å². The smallest absolute Gasteiger partial charge is 0.240 e. The number of nitriles is 1. The summed E-state index contributed by atoms with van der Waals surface area (Å²) >= 11 is 0. The molecule has 2 N–H and O–H groups in total. The van der Waals surface area contributed by atoms with Gasteiger partial charge in [-0.15, -0.1) is 0 Å². The minimum Gasteiger partial charge on any atom is -0.311 e. The van der Waals surface area contributed by atoms with E-state index in [1.54, 1.807) is 12.1 Å². The highest BCUT2D eigenvalue weighted by atomic mass is 32.2. The van der Waals surface area contributed by atoms with E-state index in [1.807, 2.05) is 6.07 Å². The first-order chi connectivity index (χ1) is 10.0. The molecule has 0 bridgehead atoms. The van der Waals surface area contributed by atoms with Crippen LogP contribution in [0.3, 0.4) is 0 Å². The number of nitrogens with one attached hydrogen (secondary N) is 2. The third-order valence-electron chi connectivity index (χ3n) is 4.54. The Bertz CT molecular complexity index is 674. The van der Waals surface area contributed by atoms with E-state index in [0.29, 0.717) is 5.56 Å². The number of nitrogens with zero attached hydrogens (tertiary/aromatic N) is 1. The number of sulfonamides is 1. The van der Waals surface area contributed by atoms with Crippen LogP contribution in [0.2, 0.25) is 0 Å². The molecule has 6 heteroatoms. The lowest BCUT2D eigenvalue weighted by Crippen LogP contribution is -2.59. The van der Waals surface area contributed by atoms with Crippen LogP contribution in [0.5, 0.6) is 0 Å². The van der Waals surface area contributed by atoms with Gasteiger partial charge in [0.25, 0.3) is 0 Å². The summed E-state index contributed by atoms with van der Waals surface area (Å²) in [5.41, 5.74) is 0.513. The second-order valence-electron chi connectivity index (χ2n) is 6.01. The van der Waals surface area contributed by atoms with Gasteiger partial charge in [0.2, 0.25) is 10.0 Å². The Morgan fingerprint density at radius 2 is 2.19 bits per heavy atom. The van der Waals surface area contributed by atoms with Crippen molar-refractivity contribution in [3.05, 3.63) is 29.8 Å². The fraction of sp³-hybridized carbons (Fsp3) is 0.533. The van der Waals surface area contributed by atoms with Crippen LogP contribution < -0.4 is 10.0 Å². The van der Waals surface area contributed by atoms with Gasteiger partial charge >= 0.3 is 0 Å². The molecule has 2 aliphatic rings. The second-order valence-corrected chi connectivity index (χ2v) is 7.73. The van der Waals surface area contributed by atoms with E-state index >= 15 is 0 Å². The van der Waals surface area contributed by atoms with Crippen molar-refractivity contribution < 1.29 is 8.42 Å². The van der Waals surface area contributed by atoms with Crippen LogP contribution >= 0.6 is 0 Å². The molecule has 1 saturated heterocycles. The van der Waals surface area contributed by atoms with Crippen LogP contribution in [0, 0.1) is 11.3 Å². The maximum absolute atomic E-state index is 12.4. The Labute approximate surface area is 125 Å². The average Bonchev–Trinajstić information content (AvgIpc) is 2.45. The first-order valence-corrected chi connectivity index (χ1v) is 8.79. The molecule has 1 saturated carbocycles. The Balaban J connectivity index is 1.75. The lowest BCUT2D eigenvalue weighted by molar-refractivity contribution is 0.126. The summed E-state index contributed by atoms with van der Waals surface area (Å²) in [6.45, 7) is 0.853. The van der Waals surface area contributed by atoms with E-state index in [9.17, 15) is 8.42 Å². The van der Waals surface area contributed by atoms with Crippen molar-refractivity contribution in [1.29, 1.82) is 5.26 Å². The quantitative estimate of drug-likeness (QED) is 0.887. The first-order valence-electron chi connectivity index (χ1n) is 7.31. The van der Waals surface area contributed by atoms with Crippen molar-refractivity contribution >= 4 is 10.0 Å². The van der Waals surface area contributed by atoms with Gasteiger partial charge < -0.3 is 5.32 Å². The van der Waals surface area contributed by atoms with Gasteiger partial charge in [-0.1, -0.05) is 6.07 Å². The number of hydrogen-bond donors (Lipinski definition) is 2. The van der Waals surface area contributed by atoms with Gasteiger partial charge in [-0.2, -0.15) is 5.26 Å². The molecule has 1 unspecified atom stereocenters. The first kappa shape index (κ1) is 14.5. The van der Waals surface area contributed by atoms with Crippen LogP contribution in [0.4, 0.5) is 0 Å². The minimum absolute atomic E-state index is 0.0257. The van der Waals surface area contributed by atoms with Gasteiger partial charge in [0.15, 0.2) is 0 Å². The molecular weight excluding hydrogens is 286 g/mol. The molecule has 1 aliphatic carbocycles. The standard InChI is InChI=1S/C15H19N3O2S/c16-11-12-3-1-4-14(9-12)21(19,20)18-13-5-8-17-15(10-13)6-2-7-15/h1,3-4,9,13,17-18H,2,5-8,10H2. The lowest BCUT2D eigenvalue weighted by Gasteiger charge is -2.48. The number of piperidine rings is 1. The zero-order chi connectivity index (χ0) is 14.9. The number of benzene rings is 1. The summed E-state index contributed by atoms with van der Waals surface area (Å²) in [7, 11) is -3.56. The van der Waals surface area contributed by atoms with E-state index in [0.717, 1.165) is 32.2 Å². The molecule has 1 aliphatic heterocycles. The molecule has 5 nitrogen and oxygen atoms in total. The zero-order valence-corrected chi connectivity index (χ0v) is 12.6. The normalized spacial score (nSPS) is 24.2. The van der Waals surface area contributed by atoms with E-state index < -0.39 is 10.0 Å². The minimum atomic E-state index is -3.56.